The van der Waals surface area contributed by atoms with Crippen LogP contribution in [0.25, 0.3) is 5.69 Å². The van der Waals surface area contributed by atoms with E-state index in [1.54, 1.807) is 0 Å². The molecule has 2 heteroatoms. The standard InChI is InChI=1S/C12H12NO/c1-2-14-12-8-4-3-7-11(12)13-9-5-6-10-13/h3-9H,2H2,1H3. The Labute approximate surface area is 83.8 Å². The van der Waals surface area contributed by atoms with Gasteiger partial charge in [0.15, 0.2) is 0 Å². The second-order valence-corrected chi connectivity index (χ2v) is 2.91. The SMILES string of the molecule is CCOc1ccccc1-n1[c]ccc1. The zero-order valence-electron chi connectivity index (χ0n) is 8.10. The third kappa shape index (κ3) is 1.64. The summed E-state index contributed by atoms with van der Waals surface area (Å²) < 4.78 is 7.44. The maximum absolute atomic E-state index is 5.52. The Morgan fingerprint density at radius 1 is 1.29 bits per heavy atom. The Hall–Kier alpha value is -1.70. The minimum atomic E-state index is 0.679. The van der Waals surface area contributed by atoms with E-state index in [1.165, 1.54) is 0 Å². The van der Waals surface area contributed by atoms with Gasteiger partial charge in [0.1, 0.15) is 5.75 Å². The molecule has 0 saturated heterocycles. The van der Waals surface area contributed by atoms with Crippen LogP contribution >= 0.6 is 0 Å². The van der Waals surface area contributed by atoms with Gasteiger partial charge in [-0.25, -0.2) is 0 Å². The molecule has 0 fully saturated rings. The molecule has 0 aliphatic heterocycles. The topological polar surface area (TPSA) is 14.2 Å². The highest BCUT2D eigenvalue weighted by Gasteiger charge is 2.02. The monoisotopic (exact) mass is 186 g/mol. The van der Waals surface area contributed by atoms with Crippen molar-refractivity contribution in [1.29, 1.82) is 0 Å². The second kappa shape index (κ2) is 4.01. The van der Waals surface area contributed by atoms with Crippen molar-refractivity contribution in [3.05, 3.63) is 48.8 Å². The van der Waals surface area contributed by atoms with E-state index in [1.807, 2.05) is 54.1 Å². The van der Waals surface area contributed by atoms with E-state index in [0.29, 0.717) is 6.61 Å². The smallest absolute Gasteiger partial charge is 0.143 e. The van der Waals surface area contributed by atoms with Crippen molar-refractivity contribution < 1.29 is 4.74 Å². The van der Waals surface area contributed by atoms with Crippen molar-refractivity contribution in [3.8, 4) is 11.4 Å². The van der Waals surface area contributed by atoms with Crippen LogP contribution in [0.15, 0.2) is 42.6 Å². The largest absolute Gasteiger partial charge is 0.492 e. The fourth-order valence-corrected chi connectivity index (χ4v) is 1.38. The number of para-hydroxylation sites is 2. The maximum Gasteiger partial charge on any atom is 0.143 e. The minimum absolute atomic E-state index is 0.679. The molecule has 71 valence electrons. The molecular formula is C12H12NO. The average Bonchev–Trinajstić information content (AvgIpc) is 2.72. The van der Waals surface area contributed by atoms with Crippen LogP contribution in [0.1, 0.15) is 6.92 Å². The number of hydrogen-bond acceptors (Lipinski definition) is 1. The first-order chi connectivity index (χ1) is 6.92. The van der Waals surface area contributed by atoms with E-state index in [2.05, 4.69) is 6.20 Å². The summed E-state index contributed by atoms with van der Waals surface area (Å²) in [6.45, 7) is 2.66. The summed E-state index contributed by atoms with van der Waals surface area (Å²) in [6, 6.07) is 11.8. The third-order valence-corrected chi connectivity index (χ3v) is 1.97. The third-order valence-electron chi connectivity index (χ3n) is 1.97. The summed E-state index contributed by atoms with van der Waals surface area (Å²) in [5.41, 5.74) is 1.03. The Balaban J connectivity index is 2.42. The summed E-state index contributed by atoms with van der Waals surface area (Å²) in [7, 11) is 0. The molecule has 0 amide bonds. The molecule has 1 heterocycles. The Kier molecular flexibility index (Phi) is 2.54. The minimum Gasteiger partial charge on any atom is -0.492 e. The molecular weight excluding hydrogens is 174 g/mol. The van der Waals surface area contributed by atoms with E-state index in [9.17, 15) is 0 Å². The molecule has 0 unspecified atom stereocenters. The fraction of sp³-hybridized carbons (Fsp3) is 0.167. The van der Waals surface area contributed by atoms with Crippen molar-refractivity contribution in [2.75, 3.05) is 6.61 Å². The predicted octanol–water partition coefficient (Wildman–Crippen LogP) is 2.68. The first kappa shape index (κ1) is 8.88. The van der Waals surface area contributed by atoms with Gasteiger partial charge in [-0.05, 0) is 31.2 Å². The number of benzene rings is 1. The van der Waals surface area contributed by atoms with Crippen molar-refractivity contribution in [2.24, 2.45) is 0 Å². The molecule has 0 bridgehead atoms. The number of aromatic nitrogens is 1. The van der Waals surface area contributed by atoms with Crippen LogP contribution in [0, 0.1) is 6.20 Å². The molecule has 1 aromatic heterocycles. The van der Waals surface area contributed by atoms with Gasteiger partial charge in [-0.15, -0.1) is 0 Å². The first-order valence-corrected chi connectivity index (χ1v) is 4.69. The van der Waals surface area contributed by atoms with Crippen molar-refractivity contribution in [2.45, 2.75) is 6.92 Å². The lowest BCUT2D eigenvalue weighted by molar-refractivity contribution is 0.339. The highest BCUT2D eigenvalue weighted by molar-refractivity contribution is 5.46. The van der Waals surface area contributed by atoms with Gasteiger partial charge >= 0.3 is 0 Å². The van der Waals surface area contributed by atoms with E-state index < -0.39 is 0 Å². The summed E-state index contributed by atoms with van der Waals surface area (Å²) >= 11 is 0. The van der Waals surface area contributed by atoms with Gasteiger partial charge in [0.2, 0.25) is 0 Å². The highest BCUT2D eigenvalue weighted by atomic mass is 16.5. The van der Waals surface area contributed by atoms with Crippen molar-refractivity contribution in [1.82, 2.24) is 4.57 Å². The van der Waals surface area contributed by atoms with E-state index in [0.717, 1.165) is 11.4 Å². The van der Waals surface area contributed by atoms with Gasteiger partial charge in [0.05, 0.1) is 18.5 Å². The number of rotatable bonds is 3. The highest BCUT2D eigenvalue weighted by Crippen LogP contribution is 2.21. The van der Waals surface area contributed by atoms with Crippen LogP contribution in [-0.4, -0.2) is 11.2 Å². The number of nitrogens with zero attached hydrogens (tertiary/aromatic N) is 1. The van der Waals surface area contributed by atoms with Gasteiger partial charge < -0.3 is 9.30 Å². The van der Waals surface area contributed by atoms with Gasteiger partial charge in [0.25, 0.3) is 0 Å². The molecule has 0 aliphatic rings. The zero-order chi connectivity index (χ0) is 9.80. The molecule has 14 heavy (non-hydrogen) atoms. The molecule has 0 atom stereocenters. The average molecular weight is 186 g/mol. The van der Waals surface area contributed by atoms with E-state index >= 15 is 0 Å². The van der Waals surface area contributed by atoms with Crippen LogP contribution < -0.4 is 4.74 Å². The van der Waals surface area contributed by atoms with Crippen LogP contribution in [0.4, 0.5) is 0 Å². The molecule has 2 rings (SSSR count). The normalized spacial score (nSPS) is 10.1. The Morgan fingerprint density at radius 3 is 2.86 bits per heavy atom. The summed E-state index contributed by atoms with van der Waals surface area (Å²) in [5, 5.41) is 0. The molecule has 0 N–H and O–H groups in total. The summed E-state index contributed by atoms with van der Waals surface area (Å²) in [5.74, 6) is 0.891. The van der Waals surface area contributed by atoms with Crippen molar-refractivity contribution >= 4 is 0 Å². The molecule has 1 aromatic carbocycles. The molecule has 1 radical (unpaired) electrons. The van der Waals surface area contributed by atoms with Crippen LogP contribution in [0.3, 0.4) is 0 Å². The molecule has 0 aliphatic carbocycles. The maximum atomic E-state index is 5.52. The first-order valence-electron chi connectivity index (χ1n) is 4.69. The number of ether oxygens (including phenoxy) is 1. The van der Waals surface area contributed by atoms with Gasteiger partial charge in [-0.3, -0.25) is 0 Å². The van der Waals surface area contributed by atoms with Crippen LogP contribution in [0.2, 0.25) is 0 Å². The van der Waals surface area contributed by atoms with E-state index in [-0.39, 0.29) is 0 Å². The summed E-state index contributed by atoms with van der Waals surface area (Å²) in [6.07, 6.45) is 5.05. The Morgan fingerprint density at radius 2 is 2.14 bits per heavy atom. The van der Waals surface area contributed by atoms with Crippen molar-refractivity contribution in [3.63, 3.8) is 0 Å². The quantitative estimate of drug-likeness (QED) is 0.718. The van der Waals surface area contributed by atoms with Crippen LogP contribution in [0.5, 0.6) is 5.75 Å². The second-order valence-electron chi connectivity index (χ2n) is 2.91. The zero-order valence-corrected chi connectivity index (χ0v) is 8.10. The van der Waals surface area contributed by atoms with Gasteiger partial charge in [-0.1, -0.05) is 12.1 Å². The molecule has 2 aromatic rings. The predicted molar refractivity (Wildman–Crippen MR) is 55.8 cm³/mol. The lowest BCUT2D eigenvalue weighted by Gasteiger charge is -2.09. The summed E-state index contributed by atoms with van der Waals surface area (Å²) in [4.78, 5) is 0. The lowest BCUT2D eigenvalue weighted by Crippen LogP contribution is -1.98. The molecule has 0 saturated carbocycles. The van der Waals surface area contributed by atoms with Gasteiger partial charge in [-0.2, -0.15) is 0 Å². The number of hydrogen-bond donors (Lipinski definition) is 0. The van der Waals surface area contributed by atoms with Gasteiger partial charge in [0, 0.05) is 6.20 Å². The lowest BCUT2D eigenvalue weighted by atomic mass is 10.3. The van der Waals surface area contributed by atoms with Crippen LogP contribution in [-0.2, 0) is 0 Å². The van der Waals surface area contributed by atoms with E-state index in [4.69, 9.17) is 4.74 Å². The molecule has 2 nitrogen and oxygen atoms in total. The fourth-order valence-electron chi connectivity index (χ4n) is 1.38. The molecule has 0 spiro atoms. The Bertz CT molecular complexity index is 392.